The molecule has 0 bridgehead atoms. The van der Waals surface area contributed by atoms with Crippen LogP contribution in [0, 0.1) is 0 Å². The minimum atomic E-state index is -0.621. The molecule has 1 aliphatic rings. The second-order valence-electron chi connectivity index (χ2n) is 4.71. The molecule has 1 aromatic heterocycles. The van der Waals surface area contributed by atoms with Crippen molar-refractivity contribution in [1.82, 2.24) is 14.9 Å². The van der Waals surface area contributed by atoms with Crippen molar-refractivity contribution in [1.29, 1.82) is 0 Å². The van der Waals surface area contributed by atoms with Gasteiger partial charge in [-0.15, -0.1) is 0 Å². The topological polar surface area (TPSA) is 92.4 Å². The summed E-state index contributed by atoms with van der Waals surface area (Å²) in [7, 11) is 3.45. The zero-order valence-corrected chi connectivity index (χ0v) is 11.0. The van der Waals surface area contributed by atoms with Crippen LogP contribution in [0.3, 0.4) is 0 Å². The molecule has 1 unspecified atom stereocenters. The molecule has 2 N–H and O–H groups in total. The van der Waals surface area contributed by atoms with Crippen LogP contribution in [0.5, 0.6) is 0 Å². The smallest absolute Gasteiger partial charge is 0.268 e. The Morgan fingerprint density at radius 1 is 1.42 bits per heavy atom. The number of likely N-dealkylation sites (N-methyl/N-ethyl adjacent to an activating group) is 1. The van der Waals surface area contributed by atoms with E-state index in [9.17, 15) is 9.59 Å². The van der Waals surface area contributed by atoms with E-state index < -0.39 is 5.91 Å². The number of aromatic nitrogens is 2. The highest BCUT2D eigenvalue weighted by Gasteiger charge is 2.32. The first-order chi connectivity index (χ1) is 9.00. The summed E-state index contributed by atoms with van der Waals surface area (Å²) in [5, 5.41) is 0. The Labute approximate surface area is 111 Å². The molecular weight excluding hydrogens is 246 g/mol. The lowest BCUT2D eigenvalue weighted by Crippen LogP contribution is -2.43. The van der Waals surface area contributed by atoms with Gasteiger partial charge in [0, 0.05) is 20.6 Å². The van der Waals surface area contributed by atoms with Gasteiger partial charge in [-0.2, -0.15) is 0 Å². The van der Waals surface area contributed by atoms with Crippen LogP contribution in [0.15, 0.2) is 12.4 Å². The molecule has 1 fully saturated rings. The third-order valence-corrected chi connectivity index (χ3v) is 3.15. The van der Waals surface area contributed by atoms with E-state index in [2.05, 4.69) is 9.97 Å². The Bertz CT molecular complexity index is 503. The molecular formula is C12H17N5O2. The summed E-state index contributed by atoms with van der Waals surface area (Å²) in [6, 6.07) is -0.243. The molecule has 1 aliphatic heterocycles. The lowest BCUT2D eigenvalue weighted by Gasteiger charge is -2.26. The minimum absolute atomic E-state index is 0.0313. The van der Waals surface area contributed by atoms with Crippen LogP contribution in [0.4, 0.5) is 5.82 Å². The van der Waals surface area contributed by atoms with Crippen molar-refractivity contribution in [2.75, 3.05) is 25.5 Å². The van der Waals surface area contributed by atoms with Crippen molar-refractivity contribution >= 4 is 17.6 Å². The number of amides is 2. The van der Waals surface area contributed by atoms with Crippen LogP contribution in [-0.2, 0) is 4.79 Å². The van der Waals surface area contributed by atoms with Crippen LogP contribution in [0.25, 0.3) is 0 Å². The number of anilines is 1. The van der Waals surface area contributed by atoms with Crippen LogP contribution in [0.2, 0.25) is 0 Å². The largest absolute Gasteiger partial charge is 0.364 e. The molecule has 0 aliphatic carbocycles. The van der Waals surface area contributed by atoms with Crippen molar-refractivity contribution in [3.63, 3.8) is 0 Å². The first-order valence-corrected chi connectivity index (χ1v) is 6.10. The summed E-state index contributed by atoms with van der Waals surface area (Å²) in [5.41, 5.74) is 5.30. The van der Waals surface area contributed by atoms with Gasteiger partial charge in [-0.05, 0) is 12.8 Å². The van der Waals surface area contributed by atoms with E-state index in [1.54, 1.807) is 25.2 Å². The molecule has 102 valence electrons. The highest BCUT2D eigenvalue weighted by atomic mass is 16.2. The SMILES string of the molecule is CN(C)C(=O)C1CCCN1c1cncc(C(N)=O)n1. The number of nitrogens with two attached hydrogens (primary N) is 1. The number of hydrogen-bond donors (Lipinski definition) is 1. The standard InChI is InChI=1S/C12H17N5O2/c1-16(2)12(19)9-4-3-5-17(9)10-7-14-6-8(15-10)11(13)18/h6-7,9H,3-5H2,1-2H3,(H2,13,18). The molecule has 0 saturated carbocycles. The molecule has 0 aromatic carbocycles. The first-order valence-electron chi connectivity index (χ1n) is 6.10. The Kier molecular flexibility index (Phi) is 3.64. The van der Waals surface area contributed by atoms with Gasteiger partial charge in [-0.3, -0.25) is 14.6 Å². The van der Waals surface area contributed by atoms with E-state index in [-0.39, 0.29) is 17.6 Å². The van der Waals surface area contributed by atoms with Gasteiger partial charge in [-0.25, -0.2) is 4.98 Å². The summed E-state index contributed by atoms with van der Waals surface area (Å²) in [4.78, 5) is 34.8. The molecule has 1 saturated heterocycles. The Balaban J connectivity index is 2.27. The van der Waals surface area contributed by atoms with E-state index in [0.29, 0.717) is 5.82 Å². The minimum Gasteiger partial charge on any atom is -0.364 e. The predicted octanol–water partition coefficient (Wildman–Crippen LogP) is -0.367. The number of primary amides is 1. The van der Waals surface area contributed by atoms with Gasteiger partial charge in [0.15, 0.2) is 0 Å². The van der Waals surface area contributed by atoms with E-state index in [4.69, 9.17) is 5.73 Å². The van der Waals surface area contributed by atoms with E-state index in [0.717, 1.165) is 19.4 Å². The van der Waals surface area contributed by atoms with Gasteiger partial charge in [-0.1, -0.05) is 0 Å². The quantitative estimate of drug-likeness (QED) is 0.803. The molecule has 7 heteroatoms. The van der Waals surface area contributed by atoms with Crippen molar-refractivity contribution < 1.29 is 9.59 Å². The average Bonchev–Trinajstić information content (AvgIpc) is 2.86. The van der Waals surface area contributed by atoms with Gasteiger partial charge in [0.05, 0.1) is 12.4 Å². The van der Waals surface area contributed by atoms with Crippen LogP contribution >= 0.6 is 0 Å². The van der Waals surface area contributed by atoms with Crippen molar-refractivity contribution in [2.24, 2.45) is 5.73 Å². The first kappa shape index (κ1) is 13.3. The molecule has 19 heavy (non-hydrogen) atoms. The van der Waals surface area contributed by atoms with Gasteiger partial charge in [0.25, 0.3) is 5.91 Å². The Hall–Kier alpha value is -2.18. The molecule has 1 aromatic rings. The lowest BCUT2D eigenvalue weighted by atomic mass is 10.2. The van der Waals surface area contributed by atoms with Gasteiger partial charge in [0.1, 0.15) is 17.6 Å². The van der Waals surface area contributed by atoms with Crippen molar-refractivity contribution in [2.45, 2.75) is 18.9 Å². The number of carbonyl (C=O) groups is 2. The Morgan fingerprint density at radius 2 is 2.16 bits per heavy atom. The Morgan fingerprint density at radius 3 is 2.79 bits per heavy atom. The fourth-order valence-corrected chi connectivity index (χ4v) is 2.21. The number of carbonyl (C=O) groups excluding carboxylic acids is 2. The zero-order chi connectivity index (χ0) is 14.0. The molecule has 2 heterocycles. The molecule has 2 amide bonds. The van der Waals surface area contributed by atoms with E-state index >= 15 is 0 Å². The molecule has 0 spiro atoms. The van der Waals surface area contributed by atoms with Crippen molar-refractivity contribution in [3.05, 3.63) is 18.1 Å². The maximum Gasteiger partial charge on any atom is 0.268 e. The fraction of sp³-hybridized carbons (Fsp3) is 0.500. The van der Waals surface area contributed by atoms with Crippen molar-refractivity contribution in [3.8, 4) is 0 Å². The highest BCUT2D eigenvalue weighted by Crippen LogP contribution is 2.24. The lowest BCUT2D eigenvalue weighted by molar-refractivity contribution is -0.129. The second kappa shape index (κ2) is 5.21. The summed E-state index contributed by atoms with van der Waals surface area (Å²) < 4.78 is 0. The molecule has 7 nitrogen and oxygen atoms in total. The zero-order valence-electron chi connectivity index (χ0n) is 11.0. The second-order valence-corrected chi connectivity index (χ2v) is 4.71. The fourth-order valence-electron chi connectivity index (χ4n) is 2.21. The summed E-state index contributed by atoms with van der Waals surface area (Å²) in [6.45, 7) is 0.723. The van der Waals surface area contributed by atoms with Crippen LogP contribution in [-0.4, -0.2) is 53.4 Å². The third-order valence-electron chi connectivity index (χ3n) is 3.15. The van der Waals surface area contributed by atoms with Gasteiger partial charge in [0.2, 0.25) is 5.91 Å². The maximum atomic E-state index is 12.1. The monoisotopic (exact) mass is 263 g/mol. The third kappa shape index (κ3) is 2.64. The summed E-state index contributed by atoms with van der Waals surface area (Å²) in [6.07, 6.45) is 4.56. The molecule has 0 radical (unpaired) electrons. The summed E-state index contributed by atoms with van der Waals surface area (Å²) >= 11 is 0. The predicted molar refractivity (Wildman–Crippen MR) is 69.6 cm³/mol. The summed E-state index contributed by atoms with van der Waals surface area (Å²) in [5.74, 6) is -0.0678. The molecule has 1 atom stereocenters. The van der Waals surface area contributed by atoms with Crippen LogP contribution < -0.4 is 10.6 Å². The number of rotatable bonds is 3. The highest BCUT2D eigenvalue weighted by molar-refractivity contribution is 5.91. The maximum absolute atomic E-state index is 12.1. The average molecular weight is 263 g/mol. The van der Waals surface area contributed by atoms with Gasteiger partial charge < -0.3 is 15.5 Å². The molecule has 2 rings (SSSR count). The van der Waals surface area contributed by atoms with Crippen LogP contribution in [0.1, 0.15) is 23.3 Å². The normalized spacial score (nSPS) is 18.4. The number of nitrogens with zero attached hydrogens (tertiary/aromatic N) is 4. The number of hydrogen-bond acceptors (Lipinski definition) is 5. The van der Waals surface area contributed by atoms with E-state index in [1.807, 2.05) is 4.90 Å². The van der Waals surface area contributed by atoms with E-state index in [1.165, 1.54) is 6.20 Å². The van der Waals surface area contributed by atoms with Gasteiger partial charge >= 0.3 is 0 Å².